The van der Waals surface area contributed by atoms with Crippen LogP contribution in [0.1, 0.15) is 32.1 Å². The first-order valence-corrected chi connectivity index (χ1v) is 6.88. The maximum absolute atomic E-state index is 5.87. The van der Waals surface area contributed by atoms with Crippen LogP contribution < -0.4 is 11.1 Å². The molecule has 0 aliphatic heterocycles. The van der Waals surface area contributed by atoms with Crippen molar-refractivity contribution in [1.29, 1.82) is 0 Å². The fourth-order valence-electron chi connectivity index (χ4n) is 2.08. The van der Waals surface area contributed by atoms with Gasteiger partial charge in [0.2, 0.25) is 0 Å². The number of rotatable bonds is 4. The molecule has 3 nitrogen and oxygen atoms in total. The Morgan fingerprint density at radius 2 is 2.29 bits per heavy atom. The summed E-state index contributed by atoms with van der Waals surface area (Å²) in [6.45, 7) is 0.907. The monoisotopic (exact) mass is 295 g/mol. The number of hydrogen-bond acceptors (Lipinski definition) is 3. The molecule has 17 heavy (non-hydrogen) atoms. The van der Waals surface area contributed by atoms with Crippen LogP contribution in [0.5, 0.6) is 0 Å². The summed E-state index contributed by atoms with van der Waals surface area (Å²) in [5.41, 5.74) is 8.13. The molecule has 3 N–H and O–H groups in total. The van der Waals surface area contributed by atoms with Crippen LogP contribution in [-0.4, -0.2) is 11.5 Å². The molecule has 0 radical (unpaired) electrons. The predicted molar refractivity (Wildman–Crippen MR) is 76.0 cm³/mol. The molecule has 0 aromatic carbocycles. The highest BCUT2D eigenvalue weighted by molar-refractivity contribution is 9.10. The van der Waals surface area contributed by atoms with Crippen LogP contribution in [0.3, 0.4) is 0 Å². The van der Waals surface area contributed by atoms with E-state index < -0.39 is 0 Å². The molecule has 0 atom stereocenters. The highest BCUT2D eigenvalue weighted by Crippen LogP contribution is 2.22. The lowest BCUT2D eigenvalue weighted by atomic mass is 9.97. The normalized spacial score (nSPS) is 15.5. The average molecular weight is 296 g/mol. The van der Waals surface area contributed by atoms with Gasteiger partial charge in [-0.1, -0.05) is 11.6 Å². The van der Waals surface area contributed by atoms with Crippen molar-refractivity contribution >= 4 is 27.4 Å². The molecule has 1 heterocycles. The third-order valence-corrected chi connectivity index (χ3v) is 3.44. The van der Waals surface area contributed by atoms with E-state index in [2.05, 4.69) is 32.3 Å². The molecule has 92 valence electrons. The summed E-state index contributed by atoms with van der Waals surface area (Å²) in [5, 5.41) is 3.29. The van der Waals surface area contributed by atoms with E-state index in [9.17, 15) is 0 Å². The summed E-state index contributed by atoms with van der Waals surface area (Å²) < 4.78 is 0.913. The number of aromatic nitrogens is 1. The zero-order valence-corrected chi connectivity index (χ0v) is 11.5. The van der Waals surface area contributed by atoms with E-state index >= 15 is 0 Å². The summed E-state index contributed by atoms with van der Waals surface area (Å²) in [6, 6.07) is 1.87. The van der Waals surface area contributed by atoms with Crippen LogP contribution in [0.25, 0.3) is 0 Å². The largest absolute Gasteiger partial charge is 0.396 e. The van der Waals surface area contributed by atoms with Gasteiger partial charge in [-0.3, -0.25) is 0 Å². The summed E-state index contributed by atoms with van der Waals surface area (Å²) in [7, 11) is 0. The molecule has 0 spiro atoms. The zero-order valence-electron chi connectivity index (χ0n) is 9.88. The second kappa shape index (κ2) is 6.05. The Morgan fingerprint density at radius 1 is 1.41 bits per heavy atom. The van der Waals surface area contributed by atoms with E-state index in [0.29, 0.717) is 5.69 Å². The number of hydrogen-bond donors (Lipinski definition) is 2. The van der Waals surface area contributed by atoms with Gasteiger partial charge in [0.05, 0.1) is 5.69 Å². The minimum Gasteiger partial charge on any atom is -0.396 e. The first-order chi connectivity index (χ1) is 8.25. The van der Waals surface area contributed by atoms with Crippen LogP contribution in [0, 0.1) is 0 Å². The van der Waals surface area contributed by atoms with Crippen molar-refractivity contribution in [2.45, 2.75) is 32.1 Å². The molecule has 0 saturated heterocycles. The highest BCUT2D eigenvalue weighted by atomic mass is 79.9. The van der Waals surface area contributed by atoms with Crippen molar-refractivity contribution in [3.05, 3.63) is 28.4 Å². The Morgan fingerprint density at radius 3 is 3.00 bits per heavy atom. The van der Waals surface area contributed by atoms with Gasteiger partial charge in [-0.2, -0.15) is 0 Å². The number of anilines is 2. The molecular formula is C13H18BrN3. The summed E-state index contributed by atoms with van der Waals surface area (Å²) in [6.07, 6.45) is 10.4. The van der Waals surface area contributed by atoms with E-state index in [0.717, 1.165) is 23.3 Å². The lowest BCUT2D eigenvalue weighted by Gasteiger charge is -2.13. The number of pyridine rings is 1. The molecule has 1 aliphatic rings. The SMILES string of the molecule is Nc1cc(Br)cnc1NCCC1=CCCCC1. The van der Waals surface area contributed by atoms with Crippen molar-refractivity contribution in [2.75, 3.05) is 17.6 Å². The maximum atomic E-state index is 5.87. The second-order valence-corrected chi connectivity index (χ2v) is 5.29. The molecule has 0 amide bonds. The third kappa shape index (κ3) is 3.73. The first kappa shape index (κ1) is 12.4. The van der Waals surface area contributed by atoms with Crippen molar-refractivity contribution in [1.82, 2.24) is 4.98 Å². The summed E-state index contributed by atoms with van der Waals surface area (Å²) in [5.74, 6) is 0.782. The van der Waals surface area contributed by atoms with Gasteiger partial charge in [-0.05, 0) is 54.1 Å². The van der Waals surface area contributed by atoms with Gasteiger partial charge < -0.3 is 11.1 Å². The number of nitrogen functional groups attached to an aromatic ring is 1. The molecule has 1 aliphatic carbocycles. The Hall–Kier alpha value is -1.03. The second-order valence-electron chi connectivity index (χ2n) is 4.38. The number of nitrogens with two attached hydrogens (primary N) is 1. The third-order valence-electron chi connectivity index (χ3n) is 3.01. The fourth-order valence-corrected chi connectivity index (χ4v) is 2.42. The van der Waals surface area contributed by atoms with Crippen molar-refractivity contribution in [3.8, 4) is 0 Å². The molecule has 0 bridgehead atoms. The van der Waals surface area contributed by atoms with Crippen LogP contribution in [0.4, 0.5) is 11.5 Å². The predicted octanol–water partition coefficient (Wildman–Crippen LogP) is 3.73. The van der Waals surface area contributed by atoms with E-state index in [1.807, 2.05) is 6.07 Å². The topological polar surface area (TPSA) is 50.9 Å². The van der Waals surface area contributed by atoms with Crippen LogP contribution >= 0.6 is 15.9 Å². The Kier molecular flexibility index (Phi) is 4.42. The van der Waals surface area contributed by atoms with Crippen LogP contribution in [0.15, 0.2) is 28.4 Å². The van der Waals surface area contributed by atoms with Crippen molar-refractivity contribution in [2.24, 2.45) is 0 Å². The van der Waals surface area contributed by atoms with E-state index in [1.54, 1.807) is 11.8 Å². The van der Waals surface area contributed by atoms with Gasteiger partial charge in [0.1, 0.15) is 5.82 Å². The lowest BCUT2D eigenvalue weighted by molar-refractivity contribution is 0.679. The molecule has 1 aromatic heterocycles. The van der Waals surface area contributed by atoms with Crippen LogP contribution in [0.2, 0.25) is 0 Å². The Labute approximate surface area is 111 Å². The molecule has 1 aromatic rings. The molecule has 0 fully saturated rings. The standard InChI is InChI=1S/C13H18BrN3/c14-11-8-12(15)13(17-9-11)16-7-6-10-4-2-1-3-5-10/h4,8-9H,1-3,5-7,15H2,(H,16,17). The van der Waals surface area contributed by atoms with E-state index in [1.165, 1.54) is 25.7 Å². The molecular weight excluding hydrogens is 278 g/mol. The van der Waals surface area contributed by atoms with Gasteiger partial charge in [-0.15, -0.1) is 0 Å². The van der Waals surface area contributed by atoms with Gasteiger partial charge in [0.25, 0.3) is 0 Å². The Bertz CT molecular complexity index is 415. The zero-order chi connectivity index (χ0) is 12.1. The van der Waals surface area contributed by atoms with E-state index in [4.69, 9.17) is 5.73 Å². The smallest absolute Gasteiger partial charge is 0.149 e. The lowest BCUT2D eigenvalue weighted by Crippen LogP contribution is -2.07. The average Bonchev–Trinajstić information content (AvgIpc) is 2.33. The van der Waals surface area contributed by atoms with Crippen molar-refractivity contribution < 1.29 is 0 Å². The minimum absolute atomic E-state index is 0.692. The maximum Gasteiger partial charge on any atom is 0.149 e. The minimum atomic E-state index is 0.692. The molecule has 4 heteroatoms. The van der Waals surface area contributed by atoms with Gasteiger partial charge >= 0.3 is 0 Å². The van der Waals surface area contributed by atoms with Crippen LogP contribution in [-0.2, 0) is 0 Å². The highest BCUT2D eigenvalue weighted by Gasteiger charge is 2.04. The van der Waals surface area contributed by atoms with Gasteiger partial charge in [-0.25, -0.2) is 4.98 Å². The molecule has 2 rings (SSSR count). The quantitative estimate of drug-likeness (QED) is 0.832. The first-order valence-electron chi connectivity index (χ1n) is 6.08. The number of nitrogens with zero attached hydrogens (tertiary/aromatic N) is 1. The Balaban J connectivity index is 1.83. The molecule has 0 unspecified atom stereocenters. The summed E-state index contributed by atoms with van der Waals surface area (Å²) >= 11 is 3.35. The van der Waals surface area contributed by atoms with Gasteiger partial charge in [0.15, 0.2) is 0 Å². The number of nitrogens with one attached hydrogen (secondary N) is 1. The fraction of sp³-hybridized carbons (Fsp3) is 0.462. The summed E-state index contributed by atoms with van der Waals surface area (Å²) in [4.78, 5) is 4.26. The van der Waals surface area contributed by atoms with Gasteiger partial charge in [0, 0.05) is 17.2 Å². The number of allylic oxidation sites excluding steroid dienone is 1. The number of halogens is 1. The van der Waals surface area contributed by atoms with E-state index in [-0.39, 0.29) is 0 Å². The molecule has 0 saturated carbocycles. The van der Waals surface area contributed by atoms with Crippen molar-refractivity contribution in [3.63, 3.8) is 0 Å².